The van der Waals surface area contributed by atoms with E-state index in [1.54, 1.807) is 29.2 Å². The number of carbonyl (C=O) groups excluding carboxylic acids is 2. The van der Waals surface area contributed by atoms with Gasteiger partial charge in [-0.25, -0.2) is 9.78 Å². The summed E-state index contributed by atoms with van der Waals surface area (Å²) in [6, 6.07) is 15.2. The summed E-state index contributed by atoms with van der Waals surface area (Å²) < 4.78 is 39.9. The second kappa shape index (κ2) is 10.2. The van der Waals surface area contributed by atoms with Crippen molar-refractivity contribution in [2.45, 2.75) is 50.6 Å². The lowest BCUT2D eigenvalue weighted by Gasteiger charge is -2.36. The third-order valence-electron chi connectivity index (χ3n) is 7.62. The van der Waals surface area contributed by atoms with Crippen molar-refractivity contribution in [1.29, 1.82) is 0 Å². The average Bonchev–Trinajstić information content (AvgIpc) is 3.56. The zero-order valence-electron chi connectivity index (χ0n) is 22.3. The molecule has 2 N–H and O–H groups in total. The Bertz CT molecular complexity index is 1520. The first-order chi connectivity index (χ1) is 19.6. The van der Waals surface area contributed by atoms with Gasteiger partial charge in [-0.2, -0.15) is 23.4 Å². The second-order valence-electron chi connectivity index (χ2n) is 10.7. The number of alkyl halides is 3. The van der Waals surface area contributed by atoms with E-state index >= 15 is 0 Å². The largest absolute Gasteiger partial charge is 0.416 e. The van der Waals surface area contributed by atoms with Gasteiger partial charge in [-0.1, -0.05) is 24.3 Å². The number of benzene rings is 2. The fourth-order valence-corrected chi connectivity index (χ4v) is 5.20. The molecule has 3 aromatic rings. The Morgan fingerprint density at radius 3 is 2.59 bits per heavy atom. The van der Waals surface area contributed by atoms with Crippen molar-refractivity contribution < 1.29 is 22.8 Å². The number of amides is 3. The van der Waals surface area contributed by atoms with Gasteiger partial charge < -0.3 is 15.5 Å². The predicted octanol–water partition coefficient (Wildman–Crippen LogP) is 5.98. The standard InChI is InChI=1S/C29H28F3N7O2/c1-28(36-37-28)13-11-25(40)33-16-18-5-7-21(8-6-18)34-27(41)39-22-12-14-38(17-22)24-10-9-23(35-26(24)39)19-3-2-4-20(15-19)29(30,31)32/h2-10,15,22H,11-14,16-17H2,1H3,(H,33,40)(H,34,41)/t22-/m0/s1. The molecule has 0 spiro atoms. The van der Waals surface area contributed by atoms with Crippen molar-refractivity contribution in [3.8, 4) is 11.3 Å². The van der Waals surface area contributed by atoms with Crippen LogP contribution in [-0.4, -0.2) is 41.7 Å². The van der Waals surface area contributed by atoms with Gasteiger partial charge in [0.15, 0.2) is 11.5 Å². The Hall–Kier alpha value is -4.48. The van der Waals surface area contributed by atoms with Crippen LogP contribution in [0.5, 0.6) is 0 Å². The van der Waals surface area contributed by atoms with Crippen LogP contribution in [0.3, 0.4) is 0 Å². The van der Waals surface area contributed by atoms with Crippen LogP contribution in [0.25, 0.3) is 11.3 Å². The first kappa shape index (κ1) is 26.7. The van der Waals surface area contributed by atoms with Crippen molar-refractivity contribution in [3.63, 3.8) is 0 Å². The Balaban J connectivity index is 1.15. The molecule has 41 heavy (non-hydrogen) atoms. The van der Waals surface area contributed by atoms with Crippen LogP contribution in [-0.2, 0) is 17.5 Å². The number of hydrogen-bond acceptors (Lipinski definition) is 6. The lowest BCUT2D eigenvalue weighted by Crippen LogP contribution is -2.48. The van der Waals surface area contributed by atoms with E-state index in [0.29, 0.717) is 48.7 Å². The SMILES string of the molecule is CC1(CCC(=O)NCc2ccc(NC(=O)N3c4nc(-c5cccc(C(F)(F)F)c5)ccc4N4CC[C@H]3C4)cc2)N=N1. The van der Waals surface area contributed by atoms with Gasteiger partial charge in [-0.15, -0.1) is 0 Å². The Labute approximate surface area is 234 Å². The van der Waals surface area contributed by atoms with Gasteiger partial charge in [-0.3, -0.25) is 9.69 Å². The molecule has 2 bridgehead atoms. The van der Waals surface area contributed by atoms with E-state index in [9.17, 15) is 22.8 Å². The van der Waals surface area contributed by atoms with E-state index in [1.807, 2.05) is 25.1 Å². The van der Waals surface area contributed by atoms with E-state index in [-0.39, 0.29) is 18.0 Å². The van der Waals surface area contributed by atoms with Crippen LogP contribution < -0.4 is 20.4 Å². The molecule has 2 aromatic carbocycles. The summed E-state index contributed by atoms with van der Waals surface area (Å²) in [7, 11) is 0. The molecule has 1 atom stereocenters. The van der Waals surface area contributed by atoms with Crippen LogP contribution in [0.4, 0.5) is 35.2 Å². The summed E-state index contributed by atoms with van der Waals surface area (Å²) in [5, 5.41) is 13.6. The van der Waals surface area contributed by atoms with Gasteiger partial charge in [0.1, 0.15) is 0 Å². The number of anilines is 3. The smallest absolute Gasteiger partial charge is 0.366 e. The summed E-state index contributed by atoms with van der Waals surface area (Å²) >= 11 is 0. The highest BCUT2D eigenvalue weighted by Crippen LogP contribution is 2.41. The van der Waals surface area contributed by atoms with Crippen LogP contribution in [0.1, 0.15) is 37.3 Å². The van der Waals surface area contributed by atoms with E-state index in [0.717, 1.165) is 36.3 Å². The van der Waals surface area contributed by atoms with Gasteiger partial charge >= 0.3 is 12.2 Å². The van der Waals surface area contributed by atoms with Gasteiger partial charge in [-0.05, 0) is 55.3 Å². The summed E-state index contributed by atoms with van der Waals surface area (Å²) in [4.78, 5) is 34.1. The zero-order valence-corrected chi connectivity index (χ0v) is 22.3. The van der Waals surface area contributed by atoms with Crippen LogP contribution in [0, 0.1) is 0 Å². The van der Waals surface area contributed by atoms with Gasteiger partial charge in [0.05, 0.1) is 23.0 Å². The highest BCUT2D eigenvalue weighted by atomic mass is 19.4. The number of hydrogen-bond donors (Lipinski definition) is 2. The number of carbonyl (C=O) groups is 2. The van der Waals surface area contributed by atoms with E-state index in [2.05, 4.69) is 30.7 Å². The van der Waals surface area contributed by atoms with Crippen LogP contribution in [0.15, 0.2) is 70.9 Å². The Kier molecular flexibility index (Phi) is 6.63. The van der Waals surface area contributed by atoms with E-state index < -0.39 is 17.4 Å². The molecule has 9 nitrogen and oxygen atoms in total. The third kappa shape index (κ3) is 5.72. The molecule has 3 amide bonds. The molecule has 0 aliphatic carbocycles. The number of nitrogens with one attached hydrogen (secondary N) is 2. The normalized spacial score (nSPS) is 18.2. The van der Waals surface area contributed by atoms with Gasteiger partial charge in [0, 0.05) is 43.7 Å². The fourth-order valence-electron chi connectivity index (χ4n) is 5.20. The minimum absolute atomic E-state index is 0.0766. The first-order valence-corrected chi connectivity index (χ1v) is 13.4. The lowest BCUT2D eigenvalue weighted by atomic mass is 10.1. The number of nitrogens with zero attached hydrogens (tertiary/aromatic N) is 5. The lowest BCUT2D eigenvalue weighted by molar-refractivity contribution is -0.137. The van der Waals surface area contributed by atoms with Crippen molar-refractivity contribution in [3.05, 3.63) is 71.8 Å². The van der Waals surface area contributed by atoms with E-state index in [1.165, 1.54) is 6.07 Å². The molecule has 1 fully saturated rings. The van der Waals surface area contributed by atoms with Crippen molar-refractivity contribution in [1.82, 2.24) is 10.3 Å². The number of pyridine rings is 1. The van der Waals surface area contributed by atoms with Crippen molar-refractivity contribution >= 4 is 29.1 Å². The van der Waals surface area contributed by atoms with Gasteiger partial charge in [0.2, 0.25) is 5.91 Å². The second-order valence-corrected chi connectivity index (χ2v) is 10.7. The summed E-state index contributed by atoms with van der Waals surface area (Å²) in [6.45, 7) is 3.65. The van der Waals surface area contributed by atoms with E-state index in [4.69, 9.17) is 0 Å². The quantitative estimate of drug-likeness (QED) is 0.369. The molecule has 212 valence electrons. The molecule has 3 aliphatic rings. The summed E-state index contributed by atoms with van der Waals surface area (Å²) in [5.74, 6) is 0.346. The highest BCUT2D eigenvalue weighted by molar-refractivity contribution is 6.04. The fraction of sp³-hybridized carbons (Fsp3) is 0.345. The number of rotatable bonds is 7. The molecule has 1 saturated heterocycles. The first-order valence-electron chi connectivity index (χ1n) is 13.4. The maximum Gasteiger partial charge on any atom is 0.416 e. The van der Waals surface area contributed by atoms with Crippen molar-refractivity contribution in [2.24, 2.45) is 10.2 Å². The molecule has 4 heterocycles. The highest BCUT2D eigenvalue weighted by Gasteiger charge is 2.40. The topological polar surface area (TPSA) is 102 Å². The molecular weight excluding hydrogens is 535 g/mol. The van der Waals surface area contributed by atoms with Crippen molar-refractivity contribution in [2.75, 3.05) is 28.2 Å². The molecule has 6 rings (SSSR count). The van der Waals surface area contributed by atoms with Crippen LogP contribution in [0.2, 0.25) is 0 Å². The molecule has 0 unspecified atom stereocenters. The molecule has 0 radical (unpaired) electrons. The summed E-state index contributed by atoms with van der Waals surface area (Å²) in [6.07, 6.45) is -2.79. The Morgan fingerprint density at radius 1 is 1.07 bits per heavy atom. The molecule has 0 saturated carbocycles. The molecule has 3 aliphatic heterocycles. The third-order valence-corrected chi connectivity index (χ3v) is 7.62. The molecular formula is C29H28F3N7O2. The van der Waals surface area contributed by atoms with Crippen LogP contribution >= 0.6 is 0 Å². The minimum atomic E-state index is -4.47. The minimum Gasteiger partial charge on any atom is -0.366 e. The number of aromatic nitrogens is 1. The molecule has 12 heteroatoms. The summed E-state index contributed by atoms with van der Waals surface area (Å²) in [5.41, 5.74) is 1.75. The number of urea groups is 1. The number of halogens is 3. The molecule has 1 aromatic heterocycles. The monoisotopic (exact) mass is 563 g/mol. The maximum absolute atomic E-state index is 13.5. The maximum atomic E-state index is 13.5. The number of fused-ring (bicyclic) bond motifs is 4. The predicted molar refractivity (Wildman–Crippen MR) is 148 cm³/mol. The van der Waals surface area contributed by atoms with Gasteiger partial charge in [0.25, 0.3) is 0 Å². The Morgan fingerprint density at radius 2 is 1.85 bits per heavy atom. The zero-order chi connectivity index (χ0) is 28.8. The average molecular weight is 564 g/mol.